The third kappa shape index (κ3) is 6.40. The van der Waals surface area contributed by atoms with Gasteiger partial charge in [-0.05, 0) is 48.7 Å². The van der Waals surface area contributed by atoms with Crippen molar-refractivity contribution >= 4 is 35.0 Å². The topological polar surface area (TPSA) is 32.3 Å². The smallest absolute Gasteiger partial charge is 0.101 e. The minimum atomic E-state index is -0.763. The number of thioether (sulfide) groups is 1. The molecule has 2 aromatic rings. The lowest BCUT2D eigenvalue weighted by Gasteiger charge is -2.40. The Labute approximate surface area is 184 Å². The van der Waals surface area contributed by atoms with E-state index in [9.17, 15) is 5.11 Å². The van der Waals surface area contributed by atoms with Crippen LogP contribution >= 0.6 is 35.0 Å². The van der Waals surface area contributed by atoms with Crippen molar-refractivity contribution in [2.24, 2.45) is 0 Å². The van der Waals surface area contributed by atoms with Crippen molar-refractivity contribution in [2.45, 2.75) is 63.5 Å². The van der Waals surface area contributed by atoms with Gasteiger partial charge in [0.1, 0.15) is 6.10 Å². The van der Waals surface area contributed by atoms with Crippen molar-refractivity contribution < 1.29 is 5.11 Å². The van der Waals surface area contributed by atoms with Gasteiger partial charge in [0, 0.05) is 26.6 Å². The predicted octanol–water partition coefficient (Wildman–Crippen LogP) is 6.84. The molecule has 0 aliphatic rings. The fourth-order valence-electron chi connectivity index (χ4n) is 3.16. The standard InChI is InChI=1S/C23H31Cl2NOS/c1-6-20(15-28-22(2,3)4)26-23(5,17-10-12-18(24)13-11-17)21(27)16-8-7-9-19(25)14-16/h7-14,20-21,26-27H,6,15H2,1-5H3. The van der Waals surface area contributed by atoms with E-state index in [0.717, 1.165) is 23.3 Å². The lowest BCUT2D eigenvalue weighted by Crippen LogP contribution is -2.50. The van der Waals surface area contributed by atoms with Gasteiger partial charge in [0.05, 0.1) is 5.54 Å². The Balaban J connectivity index is 2.39. The summed E-state index contributed by atoms with van der Waals surface area (Å²) in [5.41, 5.74) is 1.09. The summed E-state index contributed by atoms with van der Waals surface area (Å²) < 4.78 is 0.192. The first-order chi connectivity index (χ1) is 13.0. The van der Waals surface area contributed by atoms with Crippen molar-refractivity contribution in [1.29, 1.82) is 0 Å². The van der Waals surface area contributed by atoms with E-state index < -0.39 is 11.6 Å². The highest BCUT2D eigenvalue weighted by atomic mass is 35.5. The number of nitrogens with one attached hydrogen (secondary N) is 1. The highest BCUT2D eigenvalue weighted by Crippen LogP contribution is 2.37. The Hall–Kier alpha value is -0.710. The Morgan fingerprint density at radius 2 is 1.64 bits per heavy atom. The molecule has 2 aromatic carbocycles. The van der Waals surface area contributed by atoms with Gasteiger partial charge in [-0.3, -0.25) is 0 Å². The van der Waals surface area contributed by atoms with E-state index >= 15 is 0 Å². The number of hydrogen-bond donors (Lipinski definition) is 2. The van der Waals surface area contributed by atoms with Crippen LogP contribution in [0.2, 0.25) is 10.0 Å². The summed E-state index contributed by atoms with van der Waals surface area (Å²) in [4.78, 5) is 0. The summed E-state index contributed by atoms with van der Waals surface area (Å²) in [5, 5.41) is 16.4. The molecule has 0 saturated carbocycles. The molecule has 5 heteroatoms. The number of rotatable bonds is 8. The zero-order chi connectivity index (χ0) is 20.9. The number of hydrogen-bond acceptors (Lipinski definition) is 3. The van der Waals surface area contributed by atoms with Crippen LogP contribution in [0.5, 0.6) is 0 Å². The van der Waals surface area contributed by atoms with Crippen LogP contribution in [0.1, 0.15) is 58.3 Å². The largest absolute Gasteiger partial charge is 0.386 e. The number of aliphatic hydroxyl groups is 1. The van der Waals surface area contributed by atoms with E-state index in [1.165, 1.54) is 0 Å². The van der Waals surface area contributed by atoms with Gasteiger partial charge in [-0.15, -0.1) is 0 Å². The van der Waals surface area contributed by atoms with Crippen LogP contribution in [-0.4, -0.2) is 21.6 Å². The highest BCUT2D eigenvalue weighted by molar-refractivity contribution is 8.00. The van der Waals surface area contributed by atoms with Crippen molar-refractivity contribution in [2.75, 3.05) is 5.75 Å². The van der Waals surface area contributed by atoms with Crippen LogP contribution in [0.4, 0.5) is 0 Å². The first kappa shape index (κ1) is 23.6. The fraction of sp³-hybridized carbons (Fsp3) is 0.478. The molecule has 0 fully saturated rings. The van der Waals surface area contributed by atoms with Crippen molar-refractivity contribution in [3.63, 3.8) is 0 Å². The predicted molar refractivity (Wildman–Crippen MR) is 125 cm³/mol. The Kier molecular flexibility index (Phi) is 8.30. The average Bonchev–Trinajstić information content (AvgIpc) is 2.64. The highest BCUT2D eigenvalue weighted by Gasteiger charge is 2.37. The van der Waals surface area contributed by atoms with Crippen LogP contribution in [-0.2, 0) is 5.54 Å². The van der Waals surface area contributed by atoms with Crippen LogP contribution in [0, 0.1) is 0 Å². The van der Waals surface area contributed by atoms with E-state index in [1.54, 1.807) is 0 Å². The van der Waals surface area contributed by atoms with Gasteiger partial charge in [0.2, 0.25) is 0 Å². The molecule has 0 heterocycles. The summed E-state index contributed by atoms with van der Waals surface area (Å²) in [6.45, 7) is 10.9. The molecule has 3 atom stereocenters. The molecule has 0 saturated heterocycles. The second-order valence-corrected chi connectivity index (χ2v) is 11.1. The lowest BCUT2D eigenvalue weighted by molar-refractivity contribution is 0.0601. The molecule has 3 unspecified atom stereocenters. The van der Waals surface area contributed by atoms with Crippen LogP contribution in [0.25, 0.3) is 0 Å². The molecule has 0 aromatic heterocycles. The molecule has 0 aliphatic carbocycles. The van der Waals surface area contributed by atoms with Crippen LogP contribution in [0.15, 0.2) is 48.5 Å². The van der Waals surface area contributed by atoms with E-state index in [1.807, 2.05) is 67.2 Å². The van der Waals surface area contributed by atoms with Gasteiger partial charge >= 0.3 is 0 Å². The van der Waals surface area contributed by atoms with Gasteiger partial charge in [-0.25, -0.2) is 0 Å². The molecule has 2 N–H and O–H groups in total. The van der Waals surface area contributed by atoms with Crippen molar-refractivity contribution in [3.8, 4) is 0 Å². The van der Waals surface area contributed by atoms with Crippen LogP contribution < -0.4 is 5.32 Å². The molecule has 0 amide bonds. The molecular weight excluding hydrogens is 409 g/mol. The molecule has 154 valence electrons. The molecule has 0 spiro atoms. The van der Waals surface area contributed by atoms with Crippen molar-refractivity contribution in [3.05, 3.63) is 69.7 Å². The van der Waals surface area contributed by atoms with Gasteiger partial charge in [0.25, 0.3) is 0 Å². The number of halogens is 2. The van der Waals surface area contributed by atoms with E-state index in [0.29, 0.717) is 10.0 Å². The van der Waals surface area contributed by atoms with Crippen LogP contribution in [0.3, 0.4) is 0 Å². The third-order valence-electron chi connectivity index (χ3n) is 4.87. The quantitative estimate of drug-likeness (QED) is 0.471. The minimum Gasteiger partial charge on any atom is -0.386 e. The monoisotopic (exact) mass is 439 g/mol. The fourth-order valence-corrected chi connectivity index (χ4v) is 4.51. The maximum absolute atomic E-state index is 11.4. The summed E-state index contributed by atoms with van der Waals surface area (Å²) in [7, 11) is 0. The number of benzene rings is 2. The molecule has 28 heavy (non-hydrogen) atoms. The summed E-state index contributed by atoms with van der Waals surface area (Å²) in [5.74, 6) is 0.964. The zero-order valence-electron chi connectivity index (χ0n) is 17.3. The maximum Gasteiger partial charge on any atom is 0.101 e. The Bertz CT molecular complexity index is 760. The number of aliphatic hydroxyl groups excluding tert-OH is 1. The summed E-state index contributed by atoms with van der Waals surface area (Å²) in [6, 6.07) is 15.4. The summed E-state index contributed by atoms with van der Waals surface area (Å²) in [6.07, 6.45) is 0.204. The molecule has 0 bridgehead atoms. The Morgan fingerprint density at radius 3 is 2.18 bits per heavy atom. The minimum absolute atomic E-state index is 0.192. The first-order valence-electron chi connectivity index (χ1n) is 9.66. The van der Waals surface area contributed by atoms with Gasteiger partial charge in [0.15, 0.2) is 0 Å². The molecular formula is C23H31Cl2NOS. The van der Waals surface area contributed by atoms with Gasteiger partial charge < -0.3 is 10.4 Å². The maximum atomic E-state index is 11.4. The van der Waals surface area contributed by atoms with E-state index in [2.05, 4.69) is 33.0 Å². The summed E-state index contributed by atoms with van der Waals surface area (Å²) >= 11 is 14.2. The van der Waals surface area contributed by atoms with Crippen molar-refractivity contribution in [1.82, 2.24) is 5.32 Å². The van der Waals surface area contributed by atoms with E-state index in [-0.39, 0.29) is 10.8 Å². The molecule has 2 rings (SSSR count). The third-order valence-corrected chi connectivity index (χ3v) is 6.79. The molecule has 0 radical (unpaired) electrons. The Morgan fingerprint density at radius 1 is 1.00 bits per heavy atom. The zero-order valence-corrected chi connectivity index (χ0v) is 19.6. The average molecular weight is 440 g/mol. The first-order valence-corrected chi connectivity index (χ1v) is 11.4. The van der Waals surface area contributed by atoms with Gasteiger partial charge in [-0.2, -0.15) is 11.8 Å². The molecule has 0 aliphatic heterocycles. The normalized spacial score (nSPS) is 16.4. The van der Waals surface area contributed by atoms with Gasteiger partial charge in [-0.1, -0.05) is 75.2 Å². The molecule has 2 nitrogen and oxygen atoms in total. The SMILES string of the molecule is CCC(CSC(C)(C)C)NC(C)(c1ccc(Cl)cc1)C(O)c1cccc(Cl)c1. The second kappa shape index (κ2) is 9.86. The van der Waals surface area contributed by atoms with E-state index in [4.69, 9.17) is 23.2 Å². The second-order valence-electron chi connectivity index (χ2n) is 8.34. The lowest BCUT2D eigenvalue weighted by atomic mass is 9.82.